The summed E-state index contributed by atoms with van der Waals surface area (Å²) in [6, 6.07) is 4.71. The van der Waals surface area contributed by atoms with E-state index in [-0.39, 0.29) is 17.2 Å². The van der Waals surface area contributed by atoms with Crippen molar-refractivity contribution in [2.24, 2.45) is 0 Å². The highest BCUT2D eigenvalue weighted by Gasteiger charge is 2.27. The smallest absolute Gasteiger partial charge is 0.243 e. The average Bonchev–Trinajstić information content (AvgIpc) is 2.19. The topological polar surface area (TPSA) is 81.4 Å². The van der Waals surface area contributed by atoms with Gasteiger partial charge in [0.1, 0.15) is 4.90 Å². The van der Waals surface area contributed by atoms with Crippen LogP contribution < -0.4 is 10.5 Å². The second-order valence-corrected chi connectivity index (χ2v) is 7.17. The van der Waals surface area contributed by atoms with Crippen LogP contribution in [-0.2, 0) is 14.8 Å². The van der Waals surface area contributed by atoms with Gasteiger partial charge in [-0.05, 0) is 32.0 Å². The number of methoxy groups -OCH3 is 1. The normalized spacial score (nSPS) is 12.7. The maximum absolute atomic E-state index is 12.2. The van der Waals surface area contributed by atoms with Crippen molar-refractivity contribution in [3.05, 3.63) is 22.7 Å². The molecule has 0 saturated heterocycles. The van der Waals surface area contributed by atoms with Crippen molar-refractivity contribution in [2.75, 3.05) is 19.5 Å². The van der Waals surface area contributed by atoms with E-state index in [1.807, 2.05) is 0 Å². The summed E-state index contributed by atoms with van der Waals surface area (Å²) in [4.78, 5) is 0.0565. The van der Waals surface area contributed by atoms with Crippen LogP contribution in [0.4, 0.5) is 5.69 Å². The molecule has 0 unspecified atom stereocenters. The Hall–Kier alpha value is -0.630. The van der Waals surface area contributed by atoms with Crippen molar-refractivity contribution in [3.63, 3.8) is 0 Å². The zero-order valence-corrected chi connectivity index (χ0v) is 12.9. The molecule has 0 bridgehead atoms. The van der Waals surface area contributed by atoms with Crippen molar-refractivity contribution in [3.8, 4) is 0 Å². The van der Waals surface area contributed by atoms with Crippen LogP contribution in [-0.4, -0.2) is 27.7 Å². The van der Waals surface area contributed by atoms with Gasteiger partial charge in [-0.3, -0.25) is 0 Å². The van der Waals surface area contributed by atoms with Gasteiger partial charge in [0, 0.05) is 11.6 Å². The molecule has 1 rings (SSSR count). The van der Waals surface area contributed by atoms with Crippen LogP contribution >= 0.6 is 15.9 Å². The standard InChI is InChI=1S/C11H17BrN2O3S/c1-11(2,7-17-3)14-18(15,16)10-6-8(12)4-5-9(10)13/h4-6,14H,7,13H2,1-3H3. The number of ether oxygens (including phenoxy) is 1. The van der Waals surface area contributed by atoms with Gasteiger partial charge >= 0.3 is 0 Å². The van der Waals surface area contributed by atoms with E-state index in [1.54, 1.807) is 26.0 Å². The van der Waals surface area contributed by atoms with Gasteiger partial charge in [0.05, 0.1) is 17.8 Å². The van der Waals surface area contributed by atoms with Crippen molar-refractivity contribution in [1.29, 1.82) is 0 Å². The molecule has 1 aromatic carbocycles. The molecule has 0 aromatic heterocycles. The SMILES string of the molecule is COCC(C)(C)NS(=O)(=O)c1cc(Br)ccc1N. The van der Waals surface area contributed by atoms with E-state index in [0.717, 1.165) is 0 Å². The maximum atomic E-state index is 12.2. The molecule has 0 aliphatic heterocycles. The summed E-state index contributed by atoms with van der Waals surface area (Å²) in [5, 5.41) is 0. The Kier molecular flexibility index (Phi) is 4.77. The molecule has 5 nitrogen and oxygen atoms in total. The van der Waals surface area contributed by atoms with Gasteiger partial charge in [-0.2, -0.15) is 0 Å². The summed E-state index contributed by atoms with van der Waals surface area (Å²) in [5.41, 5.74) is 5.20. The van der Waals surface area contributed by atoms with Crippen LogP contribution in [0.15, 0.2) is 27.6 Å². The highest BCUT2D eigenvalue weighted by molar-refractivity contribution is 9.10. The van der Waals surface area contributed by atoms with Gasteiger partial charge in [-0.15, -0.1) is 0 Å². The van der Waals surface area contributed by atoms with E-state index in [0.29, 0.717) is 4.47 Å². The van der Waals surface area contributed by atoms with Gasteiger partial charge in [0.15, 0.2) is 0 Å². The Labute approximate surface area is 116 Å². The number of hydrogen-bond acceptors (Lipinski definition) is 4. The first-order chi connectivity index (χ1) is 8.18. The fourth-order valence-corrected chi connectivity index (χ4v) is 3.62. The van der Waals surface area contributed by atoms with Crippen LogP contribution in [0.2, 0.25) is 0 Å². The molecule has 0 aliphatic carbocycles. The van der Waals surface area contributed by atoms with Gasteiger partial charge in [0.2, 0.25) is 10.0 Å². The first kappa shape index (κ1) is 15.4. The second-order valence-electron chi connectivity index (χ2n) is 4.60. The summed E-state index contributed by atoms with van der Waals surface area (Å²) in [6.45, 7) is 3.74. The van der Waals surface area contributed by atoms with E-state index in [9.17, 15) is 8.42 Å². The molecule has 1 aromatic rings. The molecular formula is C11H17BrN2O3S. The monoisotopic (exact) mass is 336 g/mol. The lowest BCUT2D eigenvalue weighted by molar-refractivity contribution is 0.141. The summed E-state index contributed by atoms with van der Waals surface area (Å²) >= 11 is 3.23. The number of halogens is 1. The number of sulfonamides is 1. The Morgan fingerprint density at radius 2 is 2.06 bits per heavy atom. The van der Waals surface area contributed by atoms with E-state index in [2.05, 4.69) is 20.7 Å². The number of rotatable bonds is 5. The predicted molar refractivity (Wildman–Crippen MR) is 74.8 cm³/mol. The molecule has 0 atom stereocenters. The fourth-order valence-electron chi connectivity index (χ4n) is 1.55. The Bertz CT molecular complexity index is 529. The second kappa shape index (κ2) is 5.56. The van der Waals surface area contributed by atoms with E-state index in [4.69, 9.17) is 10.5 Å². The molecule has 0 fully saturated rings. The molecule has 0 aliphatic rings. The zero-order chi connectivity index (χ0) is 14.0. The minimum absolute atomic E-state index is 0.0565. The lowest BCUT2D eigenvalue weighted by atomic mass is 10.1. The molecule has 0 heterocycles. The molecule has 0 radical (unpaired) electrons. The third kappa shape index (κ3) is 3.94. The van der Waals surface area contributed by atoms with E-state index < -0.39 is 15.6 Å². The Morgan fingerprint density at radius 1 is 1.44 bits per heavy atom. The van der Waals surface area contributed by atoms with E-state index >= 15 is 0 Å². The van der Waals surface area contributed by atoms with Crippen molar-refractivity contribution < 1.29 is 13.2 Å². The summed E-state index contributed by atoms with van der Waals surface area (Å²) in [7, 11) is -2.16. The number of nitrogen functional groups attached to an aromatic ring is 1. The van der Waals surface area contributed by atoms with E-state index in [1.165, 1.54) is 13.2 Å². The van der Waals surface area contributed by atoms with Gasteiger partial charge in [0.25, 0.3) is 0 Å². The largest absolute Gasteiger partial charge is 0.398 e. The van der Waals surface area contributed by atoms with Gasteiger partial charge < -0.3 is 10.5 Å². The molecule has 7 heteroatoms. The molecule has 18 heavy (non-hydrogen) atoms. The highest BCUT2D eigenvalue weighted by atomic mass is 79.9. The quantitative estimate of drug-likeness (QED) is 0.802. The van der Waals surface area contributed by atoms with Crippen LogP contribution in [0.5, 0.6) is 0 Å². The fraction of sp³-hybridized carbons (Fsp3) is 0.455. The minimum Gasteiger partial charge on any atom is -0.398 e. The predicted octanol–water partition coefficient (Wildman–Crippen LogP) is 1.73. The third-order valence-electron chi connectivity index (χ3n) is 2.18. The van der Waals surface area contributed by atoms with Gasteiger partial charge in [-0.25, -0.2) is 13.1 Å². The lowest BCUT2D eigenvalue weighted by Gasteiger charge is -2.25. The molecule has 102 valence electrons. The third-order valence-corrected chi connectivity index (χ3v) is 4.43. The zero-order valence-electron chi connectivity index (χ0n) is 10.5. The van der Waals surface area contributed by atoms with Crippen LogP contribution in [0.1, 0.15) is 13.8 Å². The number of nitrogens with two attached hydrogens (primary N) is 1. The molecule has 3 N–H and O–H groups in total. The van der Waals surface area contributed by atoms with Gasteiger partial charge in [-0.1, -0.05) is 15.9 Å². The average molecular weight is 337 g/mol. The van der Waals surface area contributed by atoms with Crippen LogP contribution in [0.25, 0.3) is 0 Å². The van der Waals surface area contributed by atoms with Crippen LogP contribution in [0.3, 0.4) is 0 Å². The molecule has 0 saturated carbocycles. The maximum Gasteiger partial charge on any atom is 0.243 e. The molecule has 0 amide bonds. The summed E-state index contributed by atoms with van der Waals surface area (Å²) in [6.07, 6.45) is 0. The number of anilines is 1. The Morgan fingerprint density at radius 3 is 2.61 bits per heavy atom. The highest BCUT2D eigenvalue weighted by Crippen LogP contribution is 2.24. The number of nitrogens with one attached hydrogen (secondary N) is 1. The number of benzene rings is 1. The Balaban J connectivity index is 3.11. The van der Waals surface area contributed by atoms with Crippen LogP contribution in [0, 0.1) is 0 Å². The summed E-state index contributed by atoms with van der Waals surface area (Å²) in [5.74, 6) is 0. The molecular weight excluding hydrogens is 320 g/mol. The first-order valence-electron chi connectivity index (χ1n) is 5.26. The number of hydrogen-bond donors (Lipinski definition) is 2. The molecule has 0 spiro atoms. The van der Waals surface area contributed by atoms with Crippen molar-refractivity contribution in [1.82, 2.24) is 4.72 Å². The van der Waals surface area contributed by atoms with Crippen molar-refractivity contribution in [2.45, 2.75) is 24.3 Å². The summed E-state index contributed by atoms with van der Waals surface area (Å²) < 4.78 is 32.6. The first-order valence-corrected chi connectivity index (χ1v) is 7.53. The minimum atomic E-state index is -3.68. The lowest BCUT2D eigenvalue weighted by Crippen LogP contribution is -2.46. The van der Waals surface area contributed by atoms with Crippen molar-refractivity contribution >= 4 is 31.6 Å².